The molecule has 4 heteroatoms. The van der Waals surface area contributed by atoms with Gasteiger partial charge in [-0.25, -0.2) is 4.39 Å². The minimum Gasteiger partial charge on any atom is -0.395 e. The van der Waals surface area contributed by atoms with Gasteiger partial charge in [-0.05, 0) is 38.8 Å². The van der Waals surface area contributed by atoms with Gasteiger partial charge in [-0.15, -0.1) is 0 Å². The van der Waals surface area contributed by atoms with Crippen molar-refractivity contribution >= 4 is 0 Å². The number of benzene rings is 1. The van der Waals surface area contributed by atoms with Gasteiger partial charge in [0, 0.05) is 31.6 Å². The molecule has 0 saturated carbocycles. The van der Waals surface area contributed by atoms with Crippen LogP contribution in [0.3, 0.4) is 0 Å². The predicted molar refractivity (Wildman–Crippen MR) is 79.9 cm³/mol. The fourth-order valence-corrected chi connectivity index (χ4v) is 1.76. The maximum Gasteiger partial charge on any atom is 0.124 e. The van der Waals surface area contributed by atoms with Crippen LogP contribution in [0, 0.1) is 17.7 Å². The predicted octanol–water partition coefficient (Wildman–Crippen LogP) is 1.55. The van der Waals surface area contributed by atoms with Crippen LogP contribution < -0.4 is 0 Å². The molecule has 0 radical (unpaired) electrons. The van der Waals surface area contributed by atoms with Crippen molar-refractivity contribution in [3.8, 4) is 11.8 Å². The fourth-order valence-electron chi connectivity index (χ4n) is 1.76. The van der Waals surface area contributed by atoms with E-state index in [0.717, 1.165) is 25.2 Å². The molecular weight excluding hydrogens is 255 g/mol. The maximum absolute atomic E-state index is 13.3. The van der Waals surface area contributed by atoms with Crippen molar-refractivity contribution in [2.75, 3.05) is 40.8 Å². The molecule has 0 heterocycles. The normalized spacial score (nSPS) is 10.8. The van der Waals surface area contributed by atoms with Crippen LogP contribution >= 0.6 is 0 Å². The summed E-state index contributed by atoms with van der Waals surface area (Å²) in [5.41, 5.74) is 1.72. The number of hydrogen-bond acceptors (Lipinski definition) is 3. The highest BCUT2D eigenvalue weighted by atomic mass is 19.1. The van der Waals surface area contributed by atoms with Crippen LogP contribution in [-0.2, 0) is 6.54 Å². The second-order valence-corrected chi connectivity index (χ2v) is 5.12. The molecule has 1 rings (SSSR count). The molecule has 110 valence electrons. The average molecular weight is 278 g/mol. The molecule has 20 heavy (non-hydrogen) atoms. The number of aliphatic hydroxyl groups excluding tert-OH is 1. The molecule has 1 N–H and O–H groups in total. The molecule has 0 fully saturated rings. The first-order chi connectivity index (χ1) is 9.52. The monoisotopic (exact) mass is 278 g/mol. The van der Waals surface area contributed by atoms with Gasteiger partial charge in [0.2, 0.25) is 0 Å². The lowest BCUT2D eigenvalue weighted by atomic mass is 10.1. The lowest BCUT2D eigenvalue weighted by Crippen LogP contribution is -2.28. The number of likely N-dealkylation sites (N-methyl/N-ethyl adjacent to an activating group) is 2. The standard InChI is InChI=1S/C16H23FN2O/c1-18(2)9-10-19(3)13-15-7-8-16(17)12-14(15)6-4-5-11-20/h7-8,12,20H,5,9-11,13H2,1-3H3. The molecule has 0 aliphatic heterocycles. The molecule has 0 spiro atoms. The first kappa shape index (κ1) is 16.6. The van der Waals surface area contributed by atoms with Crippen LogP contribution in [0.5, 0.6) is 0 Å². The lowest BCUT2D eigenvalue weighted by molar-refractivity contribution is 0.276. The summed E-state index contributed by atoms with van der Waals surface area (Å²) in [6.07, 6.45) is 0.409. The second kappa shape index (κ2) is 8.70. The highest BCUT2D eigenvalue weighted by Gasteiger charge is 2.06. The molecule has 0 unspecified atom stereocenters. The van der Waals surface area contributed by atoms with Crippen molar-refractivity contribution in [2.45, 2.75) is 13.0 Å². The highest BCUT2D eigenvalue weighted by Crippen LogP contribution is 2.12. The van der Waals surface area contributed by atoms with Crippen LogP contribution in [0.2, 0.25) is 0 Å². The zero-order valence-corrected chi connectivity index (χ0v) is 12.5. The third-order valence-electron chi connectivity index (χ3n) is 2.90. The Morgan fingerprint density at radius 2 is 1.95 bits per heavy atom. The van der Waals surface area contributed by atoms with Gasteiger partial charge < -0.3 is 14.9 Å². The summed E-state index contributed by atoms with van der Waals surface area (Å²) in [5.74, 6) is 5.51. The van der Waals surface area contributed by atoms with Crippen molar-refractivity contribution < 1.29 is 9.50 Å². The Bertz CT molecular complexity index is 477. The number of halogens is 1. The first-order valence-electron chi connectivity index (χ1n) is 6.74. The van der Waals surface area contributed by atoms with E-state index in [4.69, 9.17) is 5.11 Å². The lowest BCUT2D eigenvalue weighted by Gasteiger charge is -2.20. The van der Waals surface area contributed by atoms with Gasteiger partial charge in [0.15, 0.2) is 0 Å². The summed E-state index contributed by atoms with van der Waals surface area (Å²) in [4.78, 5) is 4.31. The quantitative estimate of drug-likeness (QED) is 0.800. The van der Waals surface area contributed by atoms with E-state index >= 15 is 0 Å². The summed E-state index contributed by atoms with van der Waals surface area (Å²) >= 11 is 0. The van der Waals surface area contributed by atoms with E-state index in [0.29, 0.717) is 12.0 Å². The fraction of sp³-hybridized carbons (Fsp3) is 0.500. The topological polar surface area (TPSA) is 26.7 Å². The molecule has 0 aliphatic rings. The third kappa shape index (κ3) is 6.16. The first-order valence-corrected chi connectivity index (χ1v) is 6.74. The third-order valence-corrected chi connectivity index (χ3v) is 2.90. The summed E-state index contributed by atoms with van der Waals surface area (Å²) < 4.78 is 13.3. The zero-order valence-electron chi connectivity index (χ0n) is 12.5. The van der Waals surface area contributed by atoms with Crippen molar-refractivity contribution in [1.82, 2.24) is 9.80 Å². The molecule has 0 aliphatic carbocycles. The molecule has 0 aromatic heterocycles. The minimum absolute atomic E-state index is 0.0282. The molecule has 0 saturated heterocycles. The second-order valence-electron chi connectivity index (χ2n) is 5.12. The largest absolute Gasteiger partial charge is 0.395 e. The number of rotatable bonds is 6. The van der Waals surface area contributed by atoms with Crippen molar-refractivity contribution in [3.63, 3.8) is 0 Å². The van der Waals surface area contributed by atoms with Crippen molar-refractivity contribution in [3.05, 3.63) is 35.1 Å². The summed E-state index contributed by atoms with van der Waals surface area (Å²) in [5, 5.41) is 8.75. The molecule has 0 amide bonds. The van der Waals surface area contributed by atoms with Crippen LogP contribution in [0.4, 0.5) is 4.39 Å². The average Bonchev–Trinajstić information content (AvgIpc) is 2.39. The smallest absolute Gasteiger partial charge is 0.124 e. The van der Waals surface area contributed by atoms with E-state index in [-0.39, 0.29) is 12.4 Å². The molecule has 1 aromatic carbocycles. The van der Waals surface area contributed by atoms with E-state index in [1.807, 2.05) is 21.1 Å². The van der Waals surface area contributed by atoms with Gasteiger partial charge in [-0.3, -0.25) is 0 Å². The molecule has 3 nitrogen and oxygen atoms in total. The number of aliphatic hydroxyl groups is 1. The van der Waals surface area contributed by atoms with Gasteiger partial charge in [-0.1, -0.05) is 17.9 Å². The van der Waals surface area contributed by atoms with Gasteiger partial charge in [-0.2, -0.15) is 0 Å². The summed E-state index contributed by atoms with van der Waals surface area (Å²) in [7, 11) is 6.12. The minimum atomic E-state index is -0.280. The number of nitrogens with zero attached hydrogens (tertiary/aromatic N) is 2. The molecule has 0 bridgehead atoms. The van der Waals surface area contributed by atoms with Crippen molar-refractivity contribution in [2.24, 2.45) is 0 Å². The van der Waals surface area contributed by atoms with Crippen LogP contribution in [0.15, 0.2) is 18.2 Å². The zero-order chi connectivity index (χ0) is 15.0. The Morgan fingerprint density at radius 3 is 2.60 bits per heavy atom. The van der Waals surface area contributed by atoms with Crippen LogP contribution in [-0.4, -0.2) is 55.7 Å². The van der Waals surface area contributed by atoms with Crippen LogP contribution in [0.25, 0.3) is 0 Å². The van der Waals surface area contributed by atoms with E-state index < -0.39 is 0 Å². The highest BCUT2D eigenvalue weighted by molar-refractivity contribution is 5.41. The summed E-state index contributed by atoms with van der Waals surface area (Å²) in [6.45, 7) is 2.68. The van der Waals surface area contributed by atoms with Gasteiger partial charge in [0.1, 0.15) is 5.82 Å². The Labute approximate surface area is 121 Å². The molecule has 0 atom stereocenters. The van der Waals surface area contributed by atoms with Crippen LogP contribution in [0.1, 0.15) is 17.5 Å². The maximum atomic E-state index is 13.3. The number of hydrogen-bond donors (Lipinski definition) is 1. The van der Waals surface area contributed by atoms with E-state index in [9.17, 15) is 4.39 Å². The van der Waals surface area contributed by atoms with Gasteiger partial charge >= 0.3 is 0 Å². The van der Waals surface area contributed by atoms with E-state index in [1.165, 1.54) is 12.1 Å². The molecular formula is C16H23FN2O. The van der Waals surface area contributed by atoms with Gasteiger partial charge in [0.25, 0.3) is 0 Å². The Balaban J connectivity index is 2.76. The summed E-state index contributed by atoms with van der Waals surface area (Å²) in [6, 6.07) is 4.70. The SMILES string of the molecule is CN(C)CCN(C)Cc1ccc(F)cc1C#CCCO. The Hall–Kier alpha value is -1.41. The Morgan fingerprint density at radius 1 is 1.20 bits per heavy atom. The molecule has 1 aromatic rings. The van der Waals surface area contributed by atoms with E-state index in [2.05, 4.69) is 21.6 Å². The Kier molecular flexibility index (Phi) is 7.24. The van der Waals surface area contributed by atoms with Gasteiger partial charge in [0.05, 0.1) is 6.61 Å². The van der Waals surface area contributed by atoms with E-state index in [1.54, 1.807) is 6.07 Å². The van der Waals surface area contributed by atoms with Crippen molar-refractivity contribution in [1.29, 1.82) is 0 Å².